The summed E-state index contributed by atoms with van der Waals surface area (Å²) in [6, 6.07) is -0.613. The van der Waals surface area contributed by atoms with E-state index in [0.29, 0.717) is 26.2 Å². The average molecular weight is 336 g/mol. The van der Waals surface area contributed by atoms with Gasteiger partial charge in [0, 0.05) is 32.2 Å². The van der Waals surface area contributed by atoms with Crippen molar-refractivity contribution in [3.63, 3.8) is 0 Å². The maximum absolute atomic E-state index is 12.8. The number of halogens is 3. The van der Waals surface area contributed by atoms with Crippen molar-refractivity contribution in [1.29, 1.82) is 0 Å². The molecule has 3 amide bonds. The smallest absolute Gasteiger partial charge is 0.353 e. The molecule has 1 saturated heterocycles. The SMILES string of the molecule is CC(C)NC(=O)CN1CCN(C(=O)NC2(C(F)(F)F)CC2)CC1. The summed E-state index contributed by atoms with van der Waals surface area (Å²) < 4.78 is 38.5. The molecule has 2 aliphatic rings. The Morgan fingerprint density at radius 1 is 1.13 bits per heavy atom. The first-order valence-electron chi connectivity index (χ1n) is 7.78. The molecule has 0 spiro atoms. The highest BCUT2D eigenvalue weighted by molar-refractivity contribution is 5.78. The van der Waals surface area contributed by atoms with Crippen LogP contribution in [0.3, 0.4) is 0 Å². The molecule has 0 aromatic heterocycles. The Labute approximate surface area is 133 Å². The highest BCUT2D eigenvalue weighted by Gasteiger charge is 2.64. The van der Waals surface area contributed by atoms with E-state index in [4.69, 9.17) is 0 Å². The topological polar surface area (TPSA) is 64.7 Å². The molecule has 132 valence electrons. The molecule has 2 fully saturated rings. The van der Waals surface area contributed by atoms with Gasteiger partial charge in [0.15, 0.2) is 0 Å². The maximum atomic E-state index is 12.8. The summed E-state index contributed by atoms with van der Waals surface area (Å²) in [5.74, 6) is -0.0908. The van der Waals surface area contributed by atoms with Crippen LogP contribution in [0.4, 0.5) is 18.0 Å². The summed E-state index contributed by atoms with van der Waals surface area (Å²) in [7, 11) is 0. The summed E-state index contributed by atoms with van der Waals surface area (Å²) in [6.45, 7) is 5.54. The predicted octanol–water partition coefficient (Wildman–Crippen LogP) is 0.933. The van der Waals surface area contributed by atoms with Crippen LogP contribution in [0.5, 0.6) is 0 Å². The van der Waals surface area contributed by atoms with Gasteiger partial charge in [-0.05, 0) is 26.7 Å². The van der Waals surface area contributed by atoms with Gasteiger partial charge in [-0.2, -0.15) is 13.2 Å². The molecular formula is C14H23F3N4O2. The molecule has 9 heteroatoms. The summed E-state index contributed by atoms with van der Waals surface area (Å²) in [6.07, 6.45) is -4.52. The lowest BCUT2D eigenvalue weighted by atomic mass is 10.2. The van der Waals surface area contributed by atoms with Gasteiger partial charge in [-0.15, -0.1) is 0 Å². The van der Waals surface area contributed by atoms with Crippen molar-refractivity contribution in [2.45, 2.75) is 44.4 Å². The van der Waals surface area contributed by atoms with Crippen LogP contribution < -0.4 is 10.6 Å². The molecule has 0 aromatic rings. The average Bonchev–Trinajstić information content (AvgIpc) is 3.18. The number of carbonyl (C=O) groups is 2. The summed E-state index contributed by atoms with van der Waals surface area (Å²) in [5.41, 5.74) is -2.03. The lowest BCUT2D eigenvalue weighted by Gasteiger charge is -2.35. The minimum atomic E-state index is -4.40. The predicted molar refractivity (Wildman–Crippen MR) is 77.8 cm³/mol. The summed E-state index contributed by atoms with van der Waals surface area (Å²) in [5, 5.41) is 4.90. The number of rotatable bonds is 4. The Hall–Kier alpha value is -1.51. The number of amides is 3. The molecule has 2 N–H and O–H groups in total. The molecule has 1 saturated carbocycles. The number of hydrogen-bond acceptors (Lipinski definition) is 3. The molecule has 0 unspecified atom stereocenters. The van der Waals surface area contributed by atoms with E-state index in [1.165, 1.54) is 4.90 Å². The van der Waals surface area contributed by atoms with Crippen LogP contribution in [0.1, 0.15) is 26.7 Å². The van der Waals surface area contributed by atoms with Crippen molar-refractivity contribution in [2.75, 3.05) is 32.7 Å². The number of urea groups is 1. The Bertz CT molecular complexity index is 455. The molecule has 1 aliphatic carbocycles. The quantitative estimate of drug-likeness (QED) is 0.803. The van der Waals surface area contributed by atoms with Gasteiger partial charge < -0.3 is 15.5 Å². The van der Waals surface area contributed by atoms with Crippen LogP contribution in [0, 0.1) is 0 Å². The molecule has 0 bridgehead atoms. The van der Waals surface area contributed by atoms with E-state index in [2.05, 4.69) is 10.6 Å². The van der Waals surface area contributed by atoms with Crippen LogP contribution in [0.2, 0.25) is 0 Å². The summed E-state index contributed by atoms with van der Waals surface area (Å²) >= 11 is 0. The van der Waals surface area contributed by atoms with Crippen molar-refractivity contribution in [2.24, 2.45) is 0 Å². The molecule has 0 aromatic carbocycles. The zero-order chi connectivity index (χ0) is 17.3. The van der Waals surface area contributed by atoms with Crippen molar-refractivity contribution >= 4 is 11.9 Å². The maximum Gasteiger partial charge on any atom is 0.411 e. The molecule has 1 aliphatic heterocycles. The van der Waals surface area contributed by atoms with Crippen molar-refractivity contribution < 1.29 is 22.8 Å². The first-order valence-corrected chi connectivity index (χ1v) is 7.78. The second-order valence-electron chi connectivity index (χ2n) is 6.50. The standard InChI is InChI=1S/C14H23F3N4O2/c1-10(2)18-11(22)9-20-5-7-21(8-6-20)12(23)19-13(3-4-13)14(15,16)17/h10H,3-9H2,1-2H3,(H,18,22)(H,19,23). The molecule has 6 nitrogen and oxygen atoms in total. The van der Waals surface area contributed by atoms with Gasteiger partial charge >= 0.3 is 12.2 Å². The van der Waals surface area contributed by atoms with E-state index in [1.54, 1.807) is 0 Å². The second-order valence-corrected chi connectivity index (χ2v) is 6.50. The largest absolute Gasteiger partial charge is 0.411 e. The van der Waals surface area contributed by atoms with E-state index in [9.17, 15) is 22.8 Å². The van der Waals surface area contributed by atoms with Gasteiger partial charge in [0.1, 0.15) is 5.54 Å². The molecule has 0 radical (unpaired) electrons. The van der Waals surface area contributed by atoms with Crippen molar-refractivity contribution in [3.05, 3.63) is 0 Å². The van der Waals surface area contributed by atoms with E-state index in [-0.39, 0.29) is 31.3 Å². The molecule has 2 rings (SSSR count). The molecular weight excluding hydrogens is 313 g/mol. The monoisotopic (exact) mass is 336 g/mol. The van der Waals surface area contributed by atoms with Gasteiger partial charge in [0.05, 0.1) is 6.54 Å². The molecule has 0 atom stereocenters. The van der Waals surface area contributed by atoms with Gasteiger partial charge in [-0.25, -0.2) is 4.79 Å². The number of nitrogens with one attached hydrogen (secondary N) is 2. The molecule has 1 heterocycles. The van der Waals surface area contributed by atoms with Gasteiger partial charge in [0.2, 0.25) is 5.91 Å². The van der Waals surface area contributed by atoms with Crippen LogP contribution >= 0.6 is 0 Å². The minimum absolute atomic E-state index is 0.0580. The number of piperazine rings is 1. The second kappa shape index (κ2) is 6.54. The Morgan fingerprint density at radius 2 is 1.70 bits per heavy atom. The summed E-state index contributed by atoms with van der Waals surface area (Å²) in [4.78, 5) is 26.9. The zero-order valence-corrected chi connectivity index (χ0v) is 13.4. The van der Waals surface area contributed by atoms with Crippen LogP contribution in [-0.4, -0.2) is 72.2 Å². The fourth-order valence-electron chi connectivity index (χ4n) is 2.57. The van der Waals surface area contributed by atoms with Crippen molar-refractivity contribution in [3.8, 4) is 0 Å². The third kappa shape index (κ3) is 4.49. The lowest BCUT2D eigenvalue weighted by Crippen LogP contribution is -2.57. The highest BCUT2D eigenvalue weighted by Crippen LogP contribution is 2.48. The van der Waals surface area contributed by atoms with Crippen LogP contribution in [0.15, 0.2) is 0 Å². The Balaban J connectivity index is 1.76. The Kier molecular flexibility index (Phi) is 5.07. The lowest BCUT2D eigenvalue weighted by molar-refractivity contribution is -0.163. The fraction of sp³-hybridized carbons (Fsp3) is 0.857. The number of carbonyl (C=O) groups excluding carboxylic acids is 2. The minimum Gasteiger partial charge on any atom is -0.353 e. The third-order valence-electron chi connectivity index (χ3n) is 4.12. The highest BCUT2D eigenvalue weighted by atomic mass is 19.4. The Morgan fingerprint density at radius 3 is 2.13 bits per heavy atom. The first-order chi connectivity index (χ1) is 10.6. The number of hydrogen-bond donors (Lipinski definition) is 2. The number of alkyl halides is 3. The van der Waals surface area contributed by atoms with E-state index >= 15 is 0 Å². The van der Waals surface area contributed by atoms with Gasteiger partial charge in [-0.1, -0.05) is 0 Å². The van der Waals surface area contributed by atoms with E-state index in [0.717, 1.165) is 0 Å². The van der Waals surface area contributed by atoms with Gasteiger partial charge in [0.25, 0.3) is 0 Å². The number of nitrogens with zero attached hydrogens (tertiary/aromatic N) is 2. The first kappa shape index (κ1) is 17.8. The van der Waals surface area contributed by atoms with E-state index < -0.39 is 17.7 Å². The van der Waals surface area contributed by atoms with Crippen molar-refractivity contribution in [1.82, 2.24) is 20.4 Å². The fourth-order valence-corrected chi connectivity index (χ4v) is 2.57. The third-order valence-corrected chi connectivity index (χ3v) is 4.12. The zero-order valence-electron chi connectivity index (χ0n) is 13.4. The van der Waals surface area contributed by atoms with Crippen LogP contribution in [-0.2, 0) is 4.79 Å². The van der Waals surface area contributed by atoms with E-state index in [1.807, 2.05) is 18.7 Å². The van der Waals surface area contributed by atoms with Crippen LogP contribution in [0.25, 0.3) is 0 Å². The normalized spacial score (nSPS) is 21.2. The molecule has 23 heavy (non-hydrogen) atoms. The van der Waals surface area contributed by atoms with Gasteiger partial charge in [-0.3, -0.25) is 9.69 Å².